The average molecular weight is 256 g/mol. The topological polar surface area (TPSA) is 83.8 Å². The number of hydrogen-bond acceptors (Lipinski definition) is 5. The lowest BCUT2D eigenvalue weighted by molar-refractivity contribution is -0.136. The molecule has 2 unspecified atom stereocenters. The Bertz CT molecular complexity index is 332. The second-order valence-corrected chi connectivity index (χ2v) is 3.97. The van der Waals surface area contributed by atoms with E-state index >= 15 is 0 Å². The highest BCUT2D eigenvalue weighted by Crippen LogP contribution is 2.09. The monoisotopic (exact) mass is 256 g/mol. The smallest absolute Gasteiger partial charge is 0.333 e. The maximum absolute atomic E-state index is 11.1. The van der Waals surface area contributed by atoms with Crippen LogP contribution in [0.2, 0.25) is 0 Å². The second kappa shape index (κ2) is 8.60. The fraction of sp³-hybridized carbons (Fsp3) is 0.538. The lowest BCUT2D eigenvalue weighted by Gasteiger charge is -2.11. The molecule has 0 radical (unpaired) electrons. The molecule has 0 aromatic heterocycles. The van der Waals surface area contributed by atoms with Crippen molar-refractivity contribution in [1.82, 2.24) is 0 Å². The number of methoxy groups -OCH3 is 1. The quantitative estimate of drug-likeness (QED) is 0.494. The third-order valence-electron chi connectivity index (χ3n) is 2.51. The summed E-state index contributed by atoms with van der Waals surface area (Å²) in [6.45, 7) is 4.86. The highest BCUT2D eigenvalue weighted by atomic mass is 16.5. The summed E-state index contributed by atoms with van der Waals surface area (Å²) in [6.07, 6.45) is 1.50. The molecule has 0 spiro atoms. The highest BCUT2D eigenvalue weighted by Gasteiger charge is 2.14. The van der Waals surface area contributed by atoms with E-state index in [9.17, 15) is 19.8 Å². The van der Waals surface area contributed by atoms with E-state index in [1.54, 1.807) is 13.0 Å². The molecule has 0 saturated heterocycles. The first kappa shape index (κ1) is 16.5. The van der Waals surface area contributed by atoms with Crippen molar-refractivity contribution in [2.45, 2.75) is 38.4 Å². The standard InChI is InChI=1S/C13H20O5/c1-4-11(15)12(16)8-7-10(14)6-5-9(2)13(17)18-3/h4-5,10,12,14,16H,1,6-8H2,2-3H3. The summed E-state index contributed by atoms with van der Waals surface area (Å²) >= 11 is 0. The zero-order valence-corrected chi connectivity index (χ0v) is 10.8. The van der Waals surface area contributed by atoms with E-state index < -0.39 is 24.0 Å². The predicted molar refractivity (Wildman–Crippen MR) is 66.8 cm³/mol. The molecule has 0 aromatic carbocycles. The van der Waals surface area contributed by atoms with Crippen molar-refractivity contribution in [2.24, 2.45) is 0 Å². The van der Waals surface area contributed by atoms with Gasteiger partial charge in [-0.1, -0.05) is 12.7 Å². The van der Waals surface area contributed by atoms with Crippen LogP contribution in [0.15, 0.2) is 24.3 Å². The Morgan fingerprint density at radius 1 is 1.33 bits per heavy atom. The minimum atomic E-state index is -1.12. The molecule has 0 aliphatic rings. The third kappa shape index (κ3) is 6.32. The first-order valence-corrected chi connectivity index (χ1v) is 5.69. The number of ketones is 1. The van der Waals surface area contributed by atoms with Gasteiger partial charge in [0.05, 0.1) is 13.2 Å². The highest BCUT2D eigenvalue weighted by molar-refractivity contribution is 5.92. The zero-order chi connectivity index (χ0) is 14.1. The van der Waals surface area contributed by atoms with Gasteiger partial charge in [0.1, 0.15) is 6.10 Å². The van der Waals surface area contributed by atoms with Crippen LogP contribution in [0.1, 0.15) is 26.2 Å². The van der Waals surface area contributed by atoms with Crippen molar-refractivity contribution in [3.05, 3.63) is 24.3 Å². The Labute approximate surface area is 107 Å². The number of aliphatic hydroxyl groups excluding tert-OH is 2. The molecule has 2 N–H and O–H groups in total. The molecular weight excluding hydrogens is 236 g/mol. The molecular formula is C13H20O5. The van der Waals surface area contributed by atoms with Gasteiger partial charge in [-0.05, 0) is 32.3 Å². The number of ether oxygens (including phenoxy) is 1. The summed E-state index contributed by atoms with van der Waals surface area (Å²) in [7, 11) is 1.29. The van der Waals surface area contributed by atoms with Gasteiger partial charge in [0.2, 0.25) is 0 Å². The van der Waals surface area contributed by atoms with E-state index in [0.29, 0.717) is 5.57 Å². The summed E-state index contributed by atoms with van der Waals surface area (Å²) in [6, 6.07) is 0. The molecule has 0 aromatic rings. The van der Waals surface area contributed by atoms with Gasteiger partial charge in [-0.15, -0.1) is 0 Å². The number of hydrogen-bond donors (Lipinski definition) is 2. The normalized spacial score (nSPS) is 14.8. The van der Waals surface area contributed by atoms with Crippen molar-refractivity contribution in [3.8, 4) is 0 Å². The first-order valence-electron chi connectivity index (χ1n) is 5.69. The van der Waals surface area contributed by atoms with Crippen LogP contribution in [0, 0.1) is 0 Å². The molecule has 0 fully saturated rings. The molecule has 0 bridgehead atoms. The lowest BCUT2D eigenvalue weighted by atomic mass is 10.0. The zero-order valence-electron chi connectivity index (χ0n) is 10.8. The minimum absolute atomic E-state index is 0.164. The fourth-order valence-electron chi connectivity index (χ4n) is 1.30. The van der Waals surface area contributed by atoms with Crippen LogP contribution in [-0.4, -0.2) is 41.3 Å². The maximum atomic E-state index is 11.1. The van der Waals surface area contributed by atoms with E-state index in [0.717, 1.165) is 6.08 Å². The van der Waals surface area contributed by atoms with Gasteiger partial charge in [-0.25, -0.2) is 4.79 Å². The van der Waals surface area contributed by atoms with E-state index in [2.05, 4.69) is 11.3 Å². The molecule has 18 heavy (non-hydrogen) atoms. The van der Waals surface area contributed by atoms with Gasteiger partial charge in [0.15, 0.2) is 5.78 Å². The SMILES string of the molecule is C=CC(=O)C(O)CCC(O)CC=C(C)C(=O)OC. The van der Waals surface area contributed by atoms with Crippen LogP contribution in [0.3, 0.4) is 0 Å². The molecule has 0 amide bonds. The van der Waals surface area contributed by atoms with Gasteiger partial charge in [0.25, 0.3) is 0 Å². The summed E-state index contributed by atoms with van der Waals surface area (Å²) in [5.41, 5.74) is 0.416. The van der Waals surface area contributed by atoms with Crippen LogP contribution in [0.4, 0.5) is 0 Å². The van der Waals surface area contributed by atoms with Crippen LogP contribution in [-0.2, 0) is 14.3 Å². The average Bonchev–Trinajstić information content (AvgIpc) is 2.39. The van der Waals surface area contributed by atoms with E-state index in [4.69, 9.17) is 0 Å². The predicted octanol–water partition coefficient (Wildman–Crippen LogP) is 0.753. The summed E-state index contributed by atoms with van der Waals surface area (Å²) in [4.78, 5) is 22.0. The van der Waals surface area contributed by atoms with Crippen LogP contribution in [0.25, 0.3) is 0 Å². The van der Waals surface area contributed by atoms with Crippen molar-refractivity contribution in [1.29, 1.82) is 0 Å². The van der Waals surface area contributed by atoms with Crippen molar-refractivity contribution in [3.63, 3.8) is 0 Å². The Morgan fingerprint density at radius 3 is 2.44 bits per heavy atom. The van der Waals surface area contributed by atoms with Gasteiger partial charge in [-0.2, -0.15) is 0 Å². The number of carbonyl (C=O) groups excluding carboxylic acids is 2. The summed E-state index contributed by atoms with van der Waals surface area (Å²) in [5, 5.41) is 19.0. The molecule has 102 valence electrons. The molecule has 0 saturated carbocycles. The molecule has 0 aliphatic carbocycles. The van der Waals surface area contributed by atoms with Crippen LogP contribution >= 0.6 is 0 Å². The largest absolute Gasteiger partial charge is 0.466 e. The minimum Gasteiger partial charge on any atom is -0.466 e. The number of rotatable bonds is 8. The molecule has 5 nitrogen and oxygen atoms in total. The molecule has 0 aliphatic heterocycles. The Kier molecular flexibility index (Phi) is 7.91. The van der Waals surface area contributed by atoms with Gasteiger partial charge in [0, 0.05) is 5.57 Å². The third-order valence-corrected chi connectivity index (χ3v) is 2.51. The van der Waals surface area contributed by atoms with E-state index in [1.165, 1.54) is 7.11 Å². The first-order chi connectivity index (χ1) is 8.42. The lowest BCUT2D eigenvalue weighted by Crippen LogP contribution is -2.20. The van der Waals surface area contributed by atoms with Crippen molar-refractivity contribution in [2.75, 3.05) is 7.11 Å². The summed E-state index contributed by atoms with van der Waals surface area (Å²) in [5.74, 6) is -0.896. The Morgan fingerprint density at radius 2 is 1.94 bits per heavy atom. The molecule has 0 rings (SSSR count). The summed E-state index contributed by atoms with van der Waals surface area (Å²) < 4.78 is 4.50. The van der Waals surface area contributed by atoms with Gasteiger partial charge >= 0.3 is 5.97 Å². The number of esters is 1. The number of carbonyl (C=O) groups is 2. The Hall–Kier alpha value is -1.46. The van der Waals surface area contributed by atoms with Crippen LogP contribution < -0.4 is 0 Å². The fourth-order valence-corrected chi connectivity index (χ4v) is 1.30. The molecule has 2 atom stereocenters. The van der Waals surface area contributed by atoms with E-state index in [1.807, 2.05) is 0 Å². The molecule has 5 heteroatoms. The van der Waals surface area contributed by atoms with Gasteiger partial charge in [-0.3, -0.25) is 4.79 Å². The van der Waals surface area contributed by atoms with Crippen molar-refractivity contribution < 1.29 is 24.5 Å². The van der Waals surface area contributed by atoms with Crippen molar-refractivity contribution >= 4 is 11.8 Å². The number of aliphatic hydroxyl groups is 2. The molecule has 0 heterocycles. The maximum Gasteiger partial charge on any atom is 0.333 e. The van der Waals surface area contributed by atoms with E-state index in [-0.39, 0.29) is 19.3 Å². The Balaban J connectivity index is 4.05. The van der Waals surface area contributed by atoms with Gasteiger partial charge < -0.3 is 14.9 Å². The van der Waals surface area contributed by atoms with Crippen LogP contribution in [0.5, 0.6) is 0 Å². The second-order valence-electron chi connectivity index (χ2n) is 3.97.